The predicted octanol–water partition coefficient (Wildman–Crippen LogP) is 1.04. The van der Waals surface area contributed by atoms with Crippen LogP contribution in [0.15, 0.2) is 12.7 Å². The van der Waals surface area contributed by atoms with Crippen molar-refractivity contribution in [2.75, 3.05) is 26.7 Å². The maximum atomic E-state index is 13.0. The zero-order valence-electron chi connectivity index (χ0n) is 15.7. The van der Waals surface area contributed by atoms with Crippen LogP contribution in [0.3, 0.4) is 0 Å². The van der Waals surface area contributed by atoms with E-state index in [-0.39, 0.29) is 30.4 Å². The number of likely N-dealkylation sites (N-methyl/N-ethyl adjacent to an activating group) is 1. The normalized spacial score (nSPS) is 23.5. The molecule has 0 aromatic carbocycles. The molecule has 1 aromatic rings. The van der Waals surface area contributed by atoms with Crippen molar-refractivity contribution in [2.24, 2.45) is 0 Å². The smallest absolute Gasteiger partial charge is 0.327 e. The summed E-state index contributed by atoms with van der Waals surface area (Å²) in [7, 11) is 1.69. The quantitative estimate of drug-likeness (QED) is 0.737. The second-order valence-corrected chi connectivity index (χ2v) is 7.81. The molecule has 2 aliphatic heterocycles. The first-order chi connectivity index (χ1) is 13.0. The van der Waals surface area contributed by atoms with Gasteiger partial charge in [-0.2, -0.15) is 5.10 Å². The molecule has 4 amide bonds. The number of carbonyl (C=O) groups excluding carboxylic acids is 3. The molecule has 1 aromatic heterocycles. The number of nitrogens with zero attached hydrogens (tertiary/aromatic N) is 6. The van der Waals surface area contributed by atoms with Gasteiger partial charge in [0.05, 0.1) is 6.04 Å². The van der Waals surface area contributed by atoms with Gasteiger partial charge in [-0.3, -0.25) is 14.5 Å². The van der Waals surface area contributed by atoms with Crippen LogP contribution in [0.5, 0.6) is 0 Å². The third kappa shape index (κ3) is 2.98. The molecule has 9 nitrogen and oxygen atoms in total. The molecule has 1 saturated carbocycles. The summed E-state index contributed by atoms with van der Waals surface area (Å²) in [5.74, 6) is -0.351. The van der Waals surface area contributed by atoms with Crippen LogP contribution in [0, 0.1) is 0 Å². The second kappa shape index (κ2) is 6.94. The van der Waals surface area contributed by atoms with Crippen LogP contribution in [0.1, 0.15) is 51.0 Å². The van der Waals surface area contributed by atoms with Gasteiger partial charge in [-0.05, 0) is 25.7 Å². The highest BCUT2D eigenvalue weighted by Gasteiger charge is 2.56. The molecule has 3 aliphatic rings. The number of likely N-dealkylation sites (tertiary alicyclic amines) is 1. The first kappa shape index (κ1) is 17.9. The minimum absolute atomic E-state index is 0.155. The lowest BCUT2D eigenvalue weighted by Crippen LogP contribution is -2.50. The highest BCUT2D eigenvalue weighted by atomic mass is 16.2. The fourth-order valence-corrected chi connectivity index (χ4v) is 4.69. The Kier molecular flexibility index (Phi) is 4.61. The van der Waals surface area contributed by atoms with Gasteiger partial charge in [0.1, 0.15) is 24.7 Å². The summed E-state index contributed by atoms with van der Waals surface area (Å²) in [5, 5.41) is 4.17. The molecule has 0 radical (unpaired) electrons. The van der Waals surface area contributed by atoms with Crippen LogP contribution >= 0.6 is 0 Å². The summed E-state index contributed by atoms with van der Waals surface area (Å²) in [5.41, 5.74) is -0.726. The van der Waals surface area contributed by atoms with Gasteiger partial charge in [-0.15, -0.1) is 0 Å². The van der Waals surface area contributed by atoms with Crippen molar-refractivity contribution in [2.45, 2.75) is 56.5 Å². The number of piperidine rings is 1. The van der Waals surface area contributed by atoms with Gasteiger partial charge in [0.2, 0.25) is 5.91 Å². The number of hydrogen-bond acceptors (Lipinski definition) is 5. The van der Waals surface area contributed by atoms with Crippen molar-refractivity contribution in [1.29, 1.82) is 0 Å². The lowest BCUT2D eigenvalue weighted by atomic mass is 9.81. The van der Waals surface area contributed by atoms with E-state index in [4.69, 9.17) is 0 Å². The average molecular weight is 374 g/mol. The van der Waals surface area contributed by atoms with Gasteiger partial charge in [-0.25, -0.2) is 14.5 Å². The molecule has 146 valence electrons. The monoisotopic (exact) mass is 374 g/mol. The number of imide groups is 1. The van der Waals surface area contributed by atoms with Crippen molar-refractivity contribution in [1.82, 2.24) is 29.5 Å². The van der Waals surface area contributed by atoms with Crippen LogP contribution in [-0.4, -0.2) is 79.5 Å². The average Bonchev–Trinajstić information content (AvgIpc) is 3.30. The van der Waals surface area contributed by atoms with E-state index in [0.717, 1.165) is 37.0 Å². The van der Waals surface area contributed by atoms with E-state index in [2.05, 4.69) is 10.1 Å². The number of aromatic nitrogens is 3. The molecule has 3 fully saturated rings. The van der Waals surface area contributed by atoms with Gasteiger partial charge in [0.15, 0.2) is 0 Å². The summed E-state index contributed by atoms with van der Waals surface area (Å²) in [6, 6.07) is -0.101. The molecular weight excluding hydrogens is 348 g/mol. The second-order valence-electron chi connectivity index (χ2n) is 7.81. The Labute approximate surface area is 158 Å². The van der Waals surface area contributed by atoms with E-state index in [0.29, 0.717) is 25.9 Å². The summed E-state index contributed by atoms with van der Waals surface area (Å²) >= 11 is 0. The van der Waals surface area contributed by atoms with E-state index >= 15 is 0 Å². The summed E-state index contributed by atoms with van der Waals surface area (Å²) in [6.07, 6.45) is 9.17. The molecule has 1 spiro atoms. The van der Waals surface area contributed by atoms with Gasteiger partial charge < -0.3 is 9.80 Å². The molecule has 4 rings (SSSR count). The Hall–Kier alpha value is -2.45. The molecule has 0 bridgehead atoms. The Balaban J connectivity index is 1.38. The van der Waals surface area contributed by atoms with Crippen molar-refractivity contribution in [3.8, 4) is 0 Å². The minimum Gasteiger partial charge on any atom is -0.341 e. The fraction of sp³-hybridized carbons (Fsp3) is 0.722. The maximum absolute atomic E-state index is 13.0. The van der Waals surface area contributed by atoms with Gasteiger partial charge in [0.25, 0.3) is 5.91 Å². The lowest BCUT2D eigenvalue weighted by molar-refractivity contribution is -0.141. The third-order valence-corrected chi connectivity index (χ3v) is 6.41. The first-order valence-electron chi connectivity index (χ1n) is 9.74. The lowest BCUT2D eigenvalue weighted by Gasteiger charge is -2.36. The van der Waals surface area contributed by atoms with Gasteiger partial charge in [0, 0.05) is 20.1 Å². The Morgan fingerprint density at radius 2 is 1.89 bits per heavy atom. The standard InChI is InChI=1S/C18H26N6O3/c1-21-17(27)23(16(26)18(21)7-3-2-4-8-18)11-15(25)22-9-5-14(6-10-22)24-13-19-12-20-24/h12-14H,2-11H2,1H3. The van der Waals surface area contributed by atoms with Crippen LogP contribution < -0.4 is 0 Å². The molecule has 9 heteroatoms. The first-order valence-corrected chi connectivity index (χ1v) is 9.74. The van der Waals surface area contributed by atoms with Gasteiger partial charge >= 0.3 is 6.03 Å². The highest BCUT2D eigenvalue weighted by Crippen LogP contribution is 2.39. The topological polar surface area (TPSA) is 91.6 Å². The molecule has 0 unspecified atom stereocenters. The zero-order chi connectivity index (χ0) is 19.0. The highest BCUT2D eigenvalue weighted by molar-refractivity contribution is 6.08. The molecule has 2 saturated heterocycles. The van der Waals surface area contributed by atoms with Crippen molar-refractivity contribution >= 4 is 17.8 Å². The molecule has 0 atom stereocenters. The van der Waals surface area contributed by atoms with Crippen LogP contribution in [-0.2, 0) is 9.59 Å². The van der Waals surface area contributed by atoms with E-state index in [9.17, 15) is 14.4 Å². The fourth-order valence-electron chi connectivity index (χ4n) is 4.69. The Morgan fingerprint density at radius 3 is 2.52 bits per heavy atom. The van der Waals surface area contributed by atoms with Crippen molar-refractivity contribution < 1.29 is 14.4 Å². The largest absolute Gasteiger partial charge is 0.341 e. The maximum Gasteiger partial charge on any atom is 0.327 e. The number of carbonyl (C=O) groups is 3. The van der Waals surface area contributed by atoms with Crippen LogP contribution in [0.4, 0.5) is 4.79 Å². The van der Waals surface area contributed by atoms with Crippen molar-refractivity contribution in [3.05, 3.63) is 12.7 Å². The SMILES string of the molecule is CN1C(=O)N(CC(=O)N2CCC(n3cncn3)CC2)C(=O)C12CCCCC2. The Bertz CT molecular complexity index is 719. The number of amides is 4. The van der Waals surface area contributed by atoms with Gasteiger partial charge in [-0.1, -0.05) is 19.3 Å². The molecular formula is C18H26N6O3. The van der Waals surface area contributed by atoms with E-state index in [1.807, 2.05) is 4.68 Å². The summed E-state index contributed by atoms with van der Waals surface area (Å²) in [4.78, 5) is 46.9. The third-order valence-electron chi connectivity index (χ3n) is 6.41. The molecule has 1 aliphatic carbocycles. The van der Waals surface area contributed by atoms with Crippen LogP contribution in [0.2, 0.25) is 0 Å². The summed E-state index contributed by atoms with van der Waals surface area (Å²) < 4.78 is 1.83. The molecule has 27 heavy (non-hydrogen) atoms. The molecule has 0 N–H and O–H groups in total. The van der Waals surface area contributed by atoms with Crippen molar-refractivity contribution in [3.63, 3.8) is 0 Å². The van der Waals surface area contributed by atoms with Crippen LogP contribution in [0.25, 0.3) is 0 Å². The number of rotatable bonds is 3. The van der Waals surface area contributed by atoms with E-state index < -0.39 is 5.54 Å². The van der Waals surface area contributed by atoms with E-state index in [1.165, 1.54) is 6.33 Å². The number of hydrogen-bond donors (Lipinski definition) is 0. The summed E-state index contributed by atoms with van der Waals surface area (Å²) in [6.45, 7) is 1.04. The zero-order valence-corrected chi connectivity index (χ0v) is 15.7. The number of urea groups is 1. The minimum atomic E-state index is -0.726. The Morgan fingerprint density at radius 1 is 1.19 bits per heavy atom. The predicted molar refractivity (Wildman–Crippen MR) is 95.6 cm³/mol. The van der Waals surface area contributed by atoms with E-state index in [1.54, 1.807) is 23.2 Å². The molecule has 3 heterocycles.